The normalized spacial score (nSPS) is 10.8. The second kappa shape index (κ2) is 5.87. The van der Waals surface area contributed by atoms with E-state index in [-0.39, 0.29) is 5.91 Å². The number of hydrogen-bond acceptors (Lipinski definition) is 2. The summed E-state index contributed by atoms with van der Waals surface area (Å²) in [7, 11) is 0. The summed E-state index contributed by atoms with van der Waals surface area (Å²) in [5, 5.41) is 2.79. The number of benzene rings is 1. The average Bonchev–Trinajstić information content (AvgIpc) is 2.74. The Bertz CT molecular complexity index is 550. The molecule has 18 heavy (non-hydrogen) atoms. The number of carbonyl (C=O) groups is 1. The van der Waals surface area contributed by atoms with Gasteiger partial charge in [0.05, 0.1) is 16.9 Å². The number of halogens is 1. The highest BCUT2D eigenvalue weighted by atomic mass is 35.5. The summed E-state index contributed by atoms with van der Waals surface area (Å²) in [4.78, 5) is 16.0. The molecule has 2 rings (SSSR count). The molecule has 1 heterocycles. The van der Waals surface area contributed by atoms with Crippen molar-refractivity contribution >= 4 is 28.5 Å². The van der Waals surface area contributed by atoms with Gasteiger partial charge in [-0.25, -0.2) is 4.98 Å². The highest BCUT2D eigenvalue weighted by Gasteiger charge is 2.10. The van der Waals surface area contributed by atoms with E-state index in [1.807, 2.05) is 35.8 Å². The fourth-order valence-corrected chi connectivity index (χ4v) is 2.18. The molecule has 0 spiro atoms. The van der Waals surface area contributed by atoms with E-state index in [2.05, 4.69) is 10.3 Å². The number of carbonyl (C=O) groups excluding carboxylic acids is 1. The SMILES string of the molecule is CCNC(=O)CCn1c(CCl)nc2ccccc21. The van der Waals surface area contributed by atoms with Crippen molar-refractivity contribution in [2.24, 2.45) is 0 Å². The lowest BCUT2D eigenvalue weighted by Crippen LogP contribution is -2.24. The lowest BCUT2D eigenvalue weighted by atomic mass is 10.3. The molecular weight excluding hydrogens is 250 g/mol. The number of rotatable bonds is 5. The molecule has 0 unspecified atom stereocenters. The van der Waals surface area contributed by atoms with Crippen molar-refractivity contribution in [2.45, 2.75) is 25.8 Å². The molecule has 0 fully saturated rings. The number of imidazole rings is 1. The number of fused-ring (bicyclic) bond motifs is 1. The Hall–Kier alpha value is -1.55. The first-order valence-corrected chi connectivity index (χ1v) is 6.56. The summed E-state index contributed by atoms with van der Waals surface area (Å²) in [6.07, 6.45) is 0.443. The van der Waals surface area contributed by atoms with Crippen molar-refractivity contribution in [3.63, 3.8) is 0 Å². The van der Waals surface area contributed by atoms with E-state index in [4.69, 9.17) is 11.6 Å². The average molecular weight is 266 g/mol. The molecule has 0 aliphatic carbocycles. The molecule has 5 heteroatoms. The van der Waals surface area contributed by atoms with Crippen LogP contribution in [0.4, 0.5) is 0 Å². The van der Waals surface area contributed by atoms with Crippen molar-refractivity contribution in [1.29, 1.82) is 0 Å². The van der Waals surface area contributed by atoms with E-state index in [0.29, 0.717) is 25.4 Å². The quantitative estimate of drug-likeness (QED) is 0.844. The predicted octanol–water partition coefficient (Wildman–Crippen LogP) is 2.30. The van der Waals surface area contributed by atoms with E-state index in [0.717, 1.165) is 16.9 Å². The summed E-state index contributed by atoms with van der Waals surface area (Å²) in [5.41, 5.74) is 1.95. The minimum absolute atomic E-state index is 0.0517. The van der Waals surface area contributed by atoms with E-state index in [1.54, 1.807) is 0 Å². The number of aromatic nitrogens is 2. The highest BCUT2D eigenvalue weighted by Crippen LogP contribution is 2.17. The van der Waals surface area contributed by atoms with Gasteiger partial charge in [0.15, 0.2) is 0 Å². The summed E-state index contributed by atoms with van der Waals surface area (Å²) in [5.74, 6) is 1.21. The summed E-state index contributed by atoms with van der Waals surface area (Å²) >= 11 is 5.90. The van der Waals surface area contributed by atoms with Crippen LogP contribution in [-0.4, -0.2) is 22.0 Å². The van der Waals surface area contributed by atoms with Gasteiger partial charge >= 0.3 is 0 Å². The number of para-hydroxylation sites is 2. The third-order valence-electron chi connectivity index (χ3n) is 2.79. The van der Waals surface area contributed by atoms with Gasteiger partial charge in [-0.05, 0) is 19.1 Å². The number of aryl methyl sites for hydroxylation is 1. The molecule has 0 saturated carbocycles. The maximum atomic E-state index is 11.5. The van der Waals surface area contributed by atoms with Gasteiger partial charge in [-0.3, -0.25) is 4.79 Å². The zero-order valence-electron chi connectivity index (χ0n) is 10.3. The molecule has 1 aromatic carbocycles. The van der Waals surface area contributed by atoms with Crippen molar-refractivity contribution < 1.29 is 4.79 Å². The predicted molar refractivity (Wildman–Crippen MR) is 72.6 cm³/mol. The molecule has 2 aromatic rings. The zero-order valence-corrected chi connectivity index (χ0v) is 11.1. The number of amides is 1. The molecule has 0 aliphatic rings. The van der Waals surface area contributed by atoms with Crippen LogP contribution in [0.25, 0.3) is 11.0 Å². The minimum Gasteiger partial charge on any atom is -0.356 e. The van der Waals surface area contributed by atoms with Crippen LogP contribution in [0.2, 0.25) is 0 Å². The Morgan fingerprint density at radius 2 is 2.22 bits per heavy atom. The first-order chi connectivity index (χ1) is 8.76. The van der Waals surface area contributed by atoms with Gasteiger partial charge in [0.25, 0.3) is 0 Å². The molecule has 0 atom stereocenters. The molecule has 1 aromatic heterocycles. The minimum atomic E-state index is 0.0517. The largest absolute Gasteiger partial charge is 0.356 e. The third kappa shape index (κ3) is 2.64. The Morgan fingerprint density at radius 1 is 1.44 bits per heavy atom. The van der Waals surface area contributed by atoms with Gasteiger partial charge < -0.3 is 9.88 Å². The van der Waals surface area contributed by atoms with Crippen molar-refractivity contribution in [3.8, 4) is 0 Å². The molecular formula is C13H16ClN3O. The number of hydrogen-bond donors (Lipinski definition) is 1. The van der Waals surface area contributed by atoms with Gasteiger partial charge in [-0.15, -0.1) is 11.6 Å². The number of nitrogens with zero attached hydrogens (tertiary/aromatic N) is 2. The van der Waals surface area contributed by atoms with Crippen LogP contribution in [0, 0.1) is 0 Å². The molecule has 0 bridgehead atoms. The van der Waals surface area contributed by atoms with Gasteiger partial charge in [-0.1, -0.05) is 12.1 Å². The van der Waals surface area contributed by atoms with Crippen molar-refractivity contribution in [1.82, 2.24) is 14.9 Å². The Labute approximate surface area is 111 Å². The number of alkyl halides is 1. The van der Waals surface area contributed by atoms with Crippen LogP contribution in [0.1, 0.15) is 19.2 Å². The second-order valence-electron chi connectivity index (χ2n) is 4.01. The molecule has 0 aliphatic heterocycles. The Kier molecular flexibility index (Phi) is 4.20. The van der Waals surface area contributed by atoms with Gasteiger partial charge in [0.2, 0.25) is 5.91 Å². The molecule has 96 valence electrons. The van der Waals surface area contributed by atoms with Crippen LogP contribution in [-0.2, 0) is 17.2 Å². The monoisotopic (exact) mass is 265 g/mol. The smallest absolute Gasteiger partial charge is 0.221 e. The van der Waals surface area contributed by atoms with E-state index >= 15 is 0 Å². The molecule has 4 nitrogen and oxygen atoms in total. The fourth-order valence-electron chi connectivity index (χ4n) is 1.98. The van der Waals surface area contributed by atoms with E-state index < -0.39 is 0 Å². The fraction of sp³-hybridized carbons (Fsp3) is 0.385. The molecule has 1 N–H and O–H groups in total. The molecule has 0 saturated heterocycles. The molecule has 1 amide bonds. The standard InChI is InChI=1S/C13H16ClN3O/c1-2-15-13(18)7-8-17-11-6-4-3-5-10(11)16-12(17)9-14/h3-6H,2,7-9H2,1H3,(H,15,18). The van der Waals surface area contributed by atoms with Crippen molar-refractivity contribution in [3.05, 3.63) is 30.1 Å². The summed E-state index contributed by atoms with van der Waals surface area (Å²) in [6.45, 7) is 3.18. The third-order valence-corrected chi connectivity index (χ3v) is 3.03. The summed E-state index contributed by atoms with van der Waals surface area (Å²) in [6, 6.07) is 7.86. The topological polar surface area (TPSA) is 46.9 Å². The zero-order chi connectivity index (χ0) is 13.0. The lowest BCUT2D eigenvalue weighted by Gasteiger charge is -2.07. The van der Waals surface area contributed by atoms with E-state index in [9.17, 15) is 4.79 Å². The highest BCUT2D eigenvalue weighted by molar-refractivity contribution is 6.16. The van der Waals surface area contributed by atoms with E-state index in [1.165, 1.54) is 0 Å². The van der Waals surface area contributed by atoms with Crippen LogP contribution >= 0.6 is 11.6 Å². The summed E-state index contributed by atoms with van der Waals surface area (Å²) < 4.78 is 2.01. The first-order valence-electron chi connectivity index (χ1n) is 6.03. The van der Waals surface area contributed by atoms with Gasteiger partial charge in [-0.2, -0.15) is 0 Å². The first kappa shape index (κ1) is 12.9. The maximum Gasteiger partial charge on any atom is 0.221 e. The van der Waals surface area contributed by atoms with Crippen LogP contribution < -0.4 is 5.32 Å². The van der Waals surface area contributed by atoms with Crippen LogP contribution in [0.5, 0.6) is 0 Å². The number of nitrogens with one attached hydrogen (secondary N) is 1. The second-order valence-corrected chi connectivity index (χ2v) is 4.27. The van der Waals surface area contributed by atoms with Crippen LogP contribution in [0.3, 0.4) is 0 Å². The van der Waals surface area contributed by atoms with Crippen molar-refractivity contribution in [2.75, 3.05) is 6.54 Å². The lowest BCUT2D eigenvalue weighted by molar-refractivity contribution is -0.121. The van der Waals surface area contributed by atoms with Crippen LogP contribution in [0.15, 0.2) is 24.3 Å². The maximum absolute atomic E-state index is 11.5. The van der Waals surface area contributed by atoms with Gasteiger partial charge in [0, 0.05) is 19.5 Å². The Morgan fingerprint density at radius 3 is 2.94 bits per heavy atom. The molecule has 0 radical (unpaired) electrons. The van der Waals surface area contributed by atoms with Gasteiger partial charge in [0.1, 0.15) is 5.82 Å². The Balaban J connectivity index is 2.23.